The standard InChI is InChI=1S/C14H20BrFN2/c1-9(17)11-5-6-18(8-11)10(2)13-4-3-12(15)7-14(13)16/h3-4,7,9-11H,5-6,8,17H2,1-2H3. The summed E-state index contributed by atoms with van der Waals surface area (Å²) in [6, 6.07) is 5.63. The van der Waals surface area contributed by atoms with Crippen LogP contribution in [0.5, 0.6) is 0 Å². The topological polar surface area (TPSA) is 29.3 Å². The molecular weight excluding hydrogens is 295 g/mol. The predicted octanol–water partition coefficient (Wildman–Crippen LogP) is 3.32. The highest BCUT2D eigenvalue weighted by molar-refractivity contribution is 9.10. The van der Waals surface area contributed by atoms with Crippen LogP contribution in [0.3, 0.4) is 0 Å². The molecule has 0 aromatic heterocycles. The Balaban J connectivity index is 2.10. The number of hydrogen-bond donors (Lipinski definition) is 1. The van der Waals surface area contributed by atoms with Crippen molar-refractivity contribution < 1.29 is 4.39 Å². The highest BCUT2D eigenvalue weighted by atomic mass is 79.9. The fourth-order valence-electron chi connectivity index (χ4n) is 2.63. The Morgan fingerprint density at radius 1 is 1.44 bits per heavy atom. The van der Waals surface area contributed by atoms with Crippen LogP contribution in [-0.2, 0) is 0 Å². The molecule has 0 amide bonds. The summed E-state index contributed by atoms with van der Waals surface area (Å²) in [5, 5.41) is 0. The fourth-order valence-corrected chi connectivity index (χ4v) is 2.97. The van der Waals surface area contributed by atoms with Crippen molar-refractivity contribution in [1.29, 1.82) is 0 Å². The van der Waals surface area contributed by atoms with Gasteiger partial charge >= 0.3 is 0 Å². The van der Waals surface area contributed by atoms with Crippen LogP contribution in [0, 0.1) is 11.7 Å². The Hall–Kier alpha value is -0.450. The van der Waals surface area contributed by atoms with E-state index in [0.717, 1.165) is 29.5 Å². The van der Waals surface area contributed by atoms with Crippen molar-refractivity contribution in [2.45, 2.75) is 32.4 Å². The van der Waals surface area contributed by atoms with E-state index in [1.165, 1.54) is 6.07 Å². The summed E-state index contributed by atoms with van der Waals surface area (Å²) >= 11 is 3.29. The zero-order valence-corrected chi connectivity index (χ0v) is 12.5. The van der Waals surface area contributed by atoms with Gasteiger partial charge in [-0.1, -0.05) is 22.0 Å². The van der Waals surface area contributed by atoms with E-state index in [1.807, 2.05) is 12.1 Å². The van der Waals surface area contributed by atoms with E-state index in [1.54, 1.807) is 0 Å². The van der Waals surface area contributed by atoms with E-state index in [4.69, 9.17) is 5.73 Å². The van der Waals surface area contributed by atoms with Crippen LogP contribution in [0.2, 0.25) is 0 Å². The van der Waals surface area contributed by atoms with Crippen molar-refractivity contribution in [3.63, 3.8) is 0 Å². The molecular formula is C14H20BrFN2. The van der Waals surface area contributed by atoms with Crippen molar-refractivity contribution in [1.82, 2.24) is 4.90 Å². The van der Waals surface area contributed by atoms with Crippen LogP contribution in [0.15, 0.2) is 22.7 Å². The van der Waals surface area contributed by atoms with Crippen molar-refractivity contribution in [2.75, 3.05) is 13.1 Å². The Morgan fingerprint density at radius 3 is 2.72 bits per heavy atom. The van der Waals surface area contributed by atoms with E-state index < -0.39 is 0 Å². The lowest BCUT2D eigenvalue weighted by Gasteiger charge is -2.25. The summed E-state index contributed by atoms with van der Waals surface area (Å²) in [4.78, 5) is 2.32. The van der Waals surface area contributed by atoms with Crippen LogP contribution >= 0.6 is 15.9 Å². The zero-order chi connectivity index (χ0) is 13.3. The van der Waals surface area contributed by atoms with Crippen LogP contribution in [0.25, 0.3) is 0 Å². The number of nitrogens with two attached hydrogens (primary N) is 1. The lowest BCUT2D eigenvalue weighted by atomic mass is 10.0. The summed E-state index contributed by atoms with van der Waals surface area (Å²) in [5.74, 6) is 0.395. The van der Waals surface area contributed by atoms with Gasteiger partial charge in [-0.25, -0.2) is 4.39 Å². The molecule has 0 aliphatic carbocycles. The van der Waals surface area contributed by atoms with E-state index in [-0.39, 0.29) is 17.9 Å². The van der Waals surface area contributed by atoms with Crippen LogP contribution in [0.1, 0.15) is 31.9 Å². The number of likely N-dealkylation sites (tertiary alicyclic amines) is 1. The molecule has 2 N–H and O–H groups in total. The van der Waals surface area contributed by atoms with E-state index in [9.17, 15) is 4.39 Å². The lowest BCUT2D eigenvalue weighted by Crippen LogP contribution is -2.31. The summed E-state index contributed by atoms with van der Waals surface area (Å²) in [6.45, 7) is 6.09. The van der Waals surface area contributed by atoms with Gasteiger partial charge in [0.05, 0.1) is 0 Å². The first-order chi connectivity index (χ1) is 8.49. The molecule has 1 aromatic carbocycles. The molecule has 0 radical (unpaired) electrons. The molecule has 4 heteroatoms. The molecule has 0 spiro atoms. The highest BCUT2D eigenvalue weighted by Gasteiger charge is 2.29. The van der Waals surface area contributed by atoms with Crippen molar-refractivity contribution in [2.24, 2.45) is 11.7 Å². The largest absolute Gasteiger partial charge is 0.328 e. The van der Waals surface area contributed by atoms with Gasteiger partial charge in [-0.3, -0.25) is 4.90 Å². The molecule has 0 bridgehead atoms. The maximum Gasteiger partial charge on any atom is 0.129 e. The summed E-state index contributed by atoms with van der Waals surface area (Å²) < 4.78 is 14.7. The minimum atomic E-state index is -0.138. The number of benzene rings is 1. The van der Waals surface area contributed by atoms with Gasteiger partial charge in [0.15, 0.2) is 0 Å². The Labute approximate surface area is 116 Å². The van der Waals surface area contributed by atoms with Crippen LogP contribution in [-0.4, -0.2) is 24.0 Å². The van der Waals surface area contributed by atoms with Gasteiger partial charge in [0, 0.05) is 28.7 Å². The molecule has 0 saturated carbocycles. The van der Waals surface area contributed by atoms with E-state index in [2.05, 4.69) is 34.7 Å². The molecule has 3 atom stereocenters. The summed E-state index contributed by atoms with van der Waals surface area (Å²) in [7, 11) is 0. The molecule has 2 rings (SSSR count). The third kappa shape index (κ3) is 2.92. The second-order valence-electron chi connectivity index (χ2n) is 5.24. The molecule has 100 valence electrons. The SMILES string of the molecule is CC(N)C1CCN(C(C)c2ccc(Br)cc2F)C1. The van der Waals surface area contributed by atoms with Crippen molar-refractivity contribution >= 4 is 15.9 Å². The molecule has 1 saturated heterocycles. The second-order valence-corrected chi connectivity index (χ2v) is 6.16. The van der Waals surface area contributed by atoms with Gasteiger partial charge < -0.3 is 5.73 Å². The fraction of sp³-hybridized carbons (Fsp3) is 0.571. The highest BCUT2D eigenvalue weighted by Crippen LogP contribution is 2.30. The third-order valence-electron chi connectivity index (χ3n) is 3.96. The molecule has 1 heterocycles. The molecule has 18 heavy (non-hydrogen) atoms. The van der Waals surface area contributed by atoms with E-state index >= 15 is 0 Å². The van der Waals surface area contributed by atoms with Gasteiger partial charge in [0.2, 0.25) is 0 Å². The number of nitrogens with zero attached hydrogens (tertiary/aromatic N) is 1. The Morgan fingerprint density at radius 2 is 2.17 bits per heavy atom. The molecule has 3 unspecified atom stereocenters. The van der Waals surface area contributed by atoms with E-state index in [0.29, 0.717) is 5.92 Å². The Kier molecular flexibility index (Phi) is 4.41. The van der Waals surface area contributed by atoms with Gasteiger partial charge in [-0.2, -0.15) is 0 Å². The maximum absolute atomic E-state index is 13.9. The molecule has 1 aromatic rings. The lowest BCUT2D eigenvalue weighted by molar-refractivity contribution is 0.243. The van der Waals surface area contributed by atoms with Crippen molar-refractivity contribution in [3.8, 4) is 0 Å². The third-order valence-corrected chi connectivity index (χ3v) is 4.45. The minimum absolute atomic E-state index is 0.113. The molecule has 1 aliphatic rings. The average Bonchev–Trinajstić information content (AvgIpc) is 2.77. The molecule has 1 aliphatic heterocycles. The Bertz CT molecular complexity index is 422. The summed E-state index contributed by atoms with van der Waals surface area (Å²) in [5.41, 5.74) is 6.71. The normalized spacial score (nSPS) is 24.2. The monoisotopic (exact) mass is 314 g/mol. The van der Waals surface area contributed by atoms with Gasteiger partial charge in [-0.05, 0) is 44.9 Å². The number of hydrogen-bond acceptors (Lipinski definition) is 2. The predicted molar refractivity (Wildman–Crippen MR) is 75.8 cm³/mol. The van der Waals surface area contributed by atoms with Crippen LogP contribution in [0.4, 0.5) is 4.39 Å². The maximum atomic E-state index is 13.9. The van der Waals surface area contributed by atoms with Crippen molar-refractivity contribution in [3.05, 3.63) is 34.1 Å². The average molecular weight is 315 g/mol. The number of rotatable bonds is 3. The smallest absolute Gasteiger partial charge is 0.129 e. The first kappa shape index (κ1) is 14.0. The quantitative estimate of drug-likeness (QED) is 0.927. The minimum Gasteiger partial charge on any atom is -0.328 e. The van der Waals surface area contributed by atoms with Gasteiger partial charge in [-0.15, -0.1) is 0 Å². The van der Waals surface area contributed by atoms with Gasteiger partial charge in [0.1, 0.15) is 5.82 Å². The second kappa shape index (κ2) is 5.68. The first-order valence-corrected chi connectivity index (χ1v) is 7.23. The zero-order valence-electron chi connectivity index (χ0n) is 10.9. The van der Waals surface area contributed by atoms with Gasteiger partial charge in [0.25, 0.3) is 0 Å². The molecule has 2 nitrogen and oxygen atoms in total. The van der Waals surface area contributed by atoms with Crippen LogP contribution < -0.4 is 5.73 Å². The number of halogens is 2. The molecule has 1 fully saturated rings. The summed E-state index contributed by atoms with van der Waals surface area (Å²) in [6.07, 6.45) is 1.11. The first-order valence-electron chi connectivity index (χ1n) is 6.43.